The third kappa shape index (κ3) is 10.7. The summed E-state index contributed by atoms with van der Waals surface area (Å²) in [5, 5.41) is 11.1. The SMILES string of the molecule is CNCCOCCOCCOCCNC(=O)CN1CCN(c2ccc(-c3ccc4c(c3)C(=O)N(C(C(=O)Nc3nccs3)c3ccccc3)C4)cc2)CC1. The number of likely N-dealkylation sites (N-methyl/N-ethyl adjacent to an activating group) is 1. The van der Waals surface area contributed by atoms with Gasteiger partial charge in [-0.3, -0.25) is 24.6 Å². The molecule has 54 heavy (non-hydrogen) atoms. The molecule has 4 aromatic rings. The Balaban J connectivity index is 0.942. The van der Waals surface area contributed by atoms with Gasteiger partial charge < -0.3 is 34.6 Å². The van der Waals surface area contributed by atoms with Gasteiger partial charge in [0.15, 0.2) is 5.13 Å². The second-order valence-electron chi connectivity index (χ2n) is 13.0. The van der Waals surface area contributed by atoms with Crippen LogP contribution in [0.3, 0.4) is 0 Å². The minimum atomic E-state index is -0.798. The third-order valence-electron chi connectivity index (χ3n) is 9.39. The number of nitrogens with one attached hydrogen (secondary N) is 3. The fourth-order valence-corrected chi connectivity index (χ4v) is 7.08. The highest BCUT2D eigenvalue weighted by atomic mass is 32.1. The predicted molar refractivity (Wildman–Crippen MR) is 210 cm³/mol. The molecule has 1 unspecified atom stereocenters. The van der Waals surface area contributed by atoms with Gasteiger partial charge in [-0.25, -0.2) is 4.98 Å². The fourth-order valence-electron chi connectivity index (χ4n) is 6.55. The monoisotopic (exact) mass is 755 g/mol. The quantitative estimate of drug-likeness (QED) is 0.115. The summed E-state index contributed by atoms with van der Waals surface area (Å²) < 4.78 is 16.4. The first-order chi connectivity index (χ1) is 26.5. The van der Waals surface area contributed by atoms with Gasteiger partial charge in [0.25, 0.3) is 11.8 Å². The third-order valence-corrected chi connectivity index (χ3v) is 10.1. The van der Waals surface area contributed by atoms with Crippen molar-refractivity contribution in [3.63, 3.8) is 0 Å². The van der Waals surface area contributed by atoms with Gasteiger partial charge in [0.2, 0.25) is 5.91 Å². The summed E-state index contributed by atoms with van der Waals surface area (Å²) in [6.07, 6.45) is 1.64. The van der Waals surface area contributed by atoms with E-state index in [0.717, 1.165) is 60.7 Å². The average Bonchev–Trinajstić information content (AvgIpc) is 3.83. The lowest BCUT2D eigenvalue weighted by atomic mass is 10.00. The van der Waals surface area contributed by atoms with Crippen LogP contribution in [-0.4, -0.2) is 125 Å². The summed E-state index contributed by atoms with van der Waals surface area (Å²) in [5.74, 6) is -0.475. The standard InChI is InChI=1S/C40H49N7O6S/c1-41-13-20-51-22-24-53-25-23-52-21-14-42-36(48)29-45-16-18-46(19-17-45)34-11-9-30(10-12-34)32-7-8-33-28-47(39(50)35(33)27-32)37(31-5-3-2-4-6-31)38(49)44-40-43-15-26-54-40/h2-12,15,26-27,37,41H,13-14,16-25,28-29H2,1H3,(H,42,48)(H,43,44,49). The largest absolute Gasteiger partial charge is 0.378 e. The molecule has 0 bridgehead atoms. The molecule has 0 aliphatic carbocycles. The van der Waals surface area contributed by atoms with Gasteiger partial charge in [-0.15, -0.1) is 11.3 Å². The van der Waals surface area contributed by atoms with Gasteiger partial charge in [0.05, 0.1) is 46.2 Å². The van der Waals surface area contributed by atoms with Crippen LogP contribution in [0.15, 0.2) is 84.4 Å². The maximum Gasteiger partial charge on any atom is 0.255 e. The molecule has 286 valence electrons. The first-order valence-electron chi connectivity index (χ1n) is 18.4. The van der Waals surface area contributed by atoms with Crippen molar-refractivity contribution in [3.8, 4) is 11.1 Å². The first-order valence-corrected chi connectivity index (χ1v) is 19.3. The highest BCUT2D eigenvalue weighted by Crippen LogP contribution is 2.35. The lowest BCUT2D eigenvalue weighted by Gasteiger charge is -2.35. The van der Waals surface area contributed by atoms with Crippen LogP contribution in [-0.2, 0) is 30.3 Å². The van der Waals surface area contributed by atoms with E-state index in [-0.39, 0.29) is 17.7 Å². The number of rotatable bonds is 20. The number of piperazine rings is 1. The zero-order chi connectivity index (χ0) is 37.5. The Morgan fingerprint density at radius 3 is 2.20 bits per heavy atom. The number of hydrogen-bond acceptors (Lipinski definition) is 11. The van der Waals surface area contributed by atoms with Gasteiger partial charge >= 0.3 is 0 Å². The van der Waals surface area contributed by atoms with Crippen LogP contribution >= 0.6 is 11.3 Å². The maximum atomic E-state index is 13.9. The van der Waals surface area contributed by atoms with Crippen molar-refractivity contribution in [3.05, 3.63) is 101 Å². The van der Waals surface area contributed by atoms with E-state index in [4.69, 9.17) is 14.2 Å². The van der Waals surface area contributed by atoms with Crippen LogP contribution in [0.4, 0.5) is 10.8 Å². The summed E-state index contributed by atoms with van der Waals surface area (Å²) in [4.78, 5) is 50.3. The predicted octanol–water partition coefficient (Wildman–Crippen LogP) is 3.65. The second-order valence-corrected chi connectivity index (χ2v) is 13.9. The molecule has 3 aromatic carbocycles. The summed E-state index contributed by atoms with van der Waals surface area (Å²) in [6.45, 7) is 8.39. The van der Waals surface area contributed by atoms with Crippen molar-refractivity contribution in [1.29, 1.82) is 0 Å². The first kappa shape index (κ1) is 39.0. The number of thiazole rings is 1. The van der Waals surface area contributed by atoms with Crippen LogP contribution in [0.2, 0.25) is 0 Å². The summed E-state index contributed by atoms with van der Waals surface area (Å²) in [6, 6.07) is 22.9. The number of carbonyl (C=O) groups is 3. The van der Waals surface area contributed by atoms with E-state index >= 15 is 0 Å². The van der Waals surface area contributed by atoms with Gasteiger partial charge in [-0.2, -0.15) is 0 Å². The molecule has 2 aliphatic rings. The molecule has 0 radical (unpaired) electrons. The normalized spacial score (nSPS) is 14.9. The van der Waals surface area contributed by atoms with Crippen molar-refractivity contribution >= 4 is 39.9 Å². The summed E-state index contributed by atoms with van der Waals surface area (Å²) in [7, 11) is 1.89. The molecule has 3 N–H and O–H groups in total. The molecular weight excluding hydrogens is 707 g/mol. The molecule has 6 rings (SSSR count). The number of carbonyl (C=O) groups excluding carboxylic acids is 3. The smallest absolute Gasteiger partial charge is 0.255 e. The summed E-state index contributed by atoms with van der Waals surface area (Å²) >= 11 is 1.34. The Morgan fingerprint density at radius 1 is 0.833 bits per heavy atom. The van der Waals surface area contributed by atoms with E-state index in [0.29, 0.717) is 70.0 Å². The van der Waals surface area contributed by atoms with E-state index in [1.807, 2.05) is 55.6 Å². The van der Waals surface area contributed by atoms with Crippen molar-refractivity contribution in [2.45, 2.75) is 12.6 Å². The minimum absolute atomic E-state index is 0.00292. The number of amides is 3. The Bertz CT molecular complexity index is 1790. The molecule has 1 atom stereocenters. The van der Waals surface area contributed by atoms with E-state index in [1.54, 1.807) is 16.5 Å². The van der Waals surface area contributed by atoms with Gasteiger partial charge in [0.1, 0.15) is 6.04 Å². The molecule has 3 heterocycles. The molecule has 3 amide bonds. The van der Waals surface area contributed by atoms with Gasteiger partial charge in [0, 0.05) is 68.6 Å². The number of fused-ring (bicyclic) bond motifs is 1. The number of aromatic nitrogens is 1. The molecular formula is C40H49N7O6S. The van der Waals surface area contributed by atoms with Crippen molar-refractivity contribution in [2.75, 3.05) is 103 Å². The van der Waals surface area contributed by atoms with E-state index in [9.17, 15) is 14.4 Å². The van der Waals surface area contributed by atoms with Crippen LogP contribution in [0.25, 0.3) is 11.1 Å². The molecule has 1 saturated heterocycles. The Hall–Kier alpha value is -4.70. The van der Waals surface area contributed by atoms with E-state index < -0.39 is 6.04 Å². The van der Waals surface area contributed by atoms with Crippen molar-refractivity contribution in [1.82, 2.24) is 25.4 Å². The highest BCUT2D eigenvalue weighted by molar-refractivity contribution is 7.13. The molecule has 2 aliphatic heterocycles. The number of benzene rings is 3. The fraction of sp³-hybridized carbons (Fsp3) is 0.400. The highest BCUT2D eigenvalue weighted by Gasteiger charge is 2.38. The zero-order valence-electron chi connectivity index (χ0n) is 30.7. The minimum Gasteiger partial charge on any atom is -0.378 e. The van der Waals surface area contributed by atoms with E-state index in [2.05, 4.69) is 55.0 Å². The second kappa shape index (κ2) is 20.1. The van der Waals surface area contributed by atoms with Crippen LogP contribution in [0.5, 0.6) is 0 Å². The molecule has 0 saturated carbocycles. The Kier molecular flexibility index (Phi) is 14.5. The van der Waals surface area contributed by atoms with Crippen LogP contribution < -0.4 is 20.9 Å². The van der Waals surface area contributed by atoms with Crippen molar-refractivity contribution in [2.24, 2.45) is 0 Å². The lowest BCUT2D eigenvalue weighted by Crippen LogP contribution is -2.49. The van der Waals surface area contributed by atoms with Crippen molar-refractivity contribution < 1.29 is 28.6 Å². The van der Waals surface area contributed by atoms with Gasteiger partial charge in [-0.05, 0) is 47.5 Å². The number of nitrogens with zero attached hydrogens (tertiary/aromatic N) is 4. The number of ether oxygens (including phenoxy) is 3. The molecule has 0 spiro atoms. The molecule has 14 heteroatoms. The zero-order valence-corrected chi connectivity index (χ0v) is 31.5. The Morgan fingerprint density at radius 2 is 1.52 bits per heavy atom. The van der Waals surface area contributed by atoms with E-state index in [1.165, 1.54) is 11.3 Å². The summed E-state index contributed by atoms with van der Waals surface area (Å²) in [5.41, 5.74) is 5.30. The van der Waals surface area contributed by atoms with Crippen LogP contribution in [0, 0.1) is 0 Å². The molecule has 1 fully saturated rings. The average molecular weight is 756 g/mol. The Labute approximate surface area is 320 Å². The van der Waals surface area contributed by atoms with Gasteiger partial charge in [-0.1, -0.05) is 54.6 Å². The van der Waals surface area contributed by atoms with Crippen LogP contribution in [0.1, 0.15) is 27.5 Å². The number of anilines is 2. The topological polar surface area (TPSA) is 138 Å². The number of hydrogen-bond donors (Lipinski definition) is 3. The molecule has 1 aromatic heterocycles. The molecule has 13 nitrogen and oxygen atoms in total. The maximum absolute atomic E-state index is 13.9. The lowest BCUT2D eigenvalue weighted by molar-refractivity contribution is -0.122.